The minimum Gasteiger partial charge on any atom is -0.370 e. The summed E-state index contributed by atoms with van der Waals surface area (Å²) in [6.07, 6.45) is 2.56. The molecule has 60 valence electrons. The van der Waals surface area contributed by atoms with Crippen molar-refractivity contribution in [3.8, 4) is 0 Å². The van der Waals surface area contributed by atoms with Gasteiger partial charge in [-0.3, -0.25) is 4.79 Å². The summed E-state index contributed by atoms with van der Waals surface area (Å²) in [5.41, 5.74) is 4.93. The molecule has 1 heterocycles. The highest BCUT2D eigenvalue weighted by atomic mass is 16.1. The van der Waals surface area contributed by atoms with Crippen molar-refractivity contribution in [2.75, 3.05) is 0 Å². The number of amides is 1. The molecule has 0 aromatic carbocycles. The molecule has 0 saturated carbocycles. The summed E-state index contributed by atoms with van der Waals surface area (Å²) in [6.45, 7) is 0.635. The van der Waals surface area contributed by atoms with Crippen LogP contribution in [0.4, 0.5) is 0 Å². The quantitative estimate of drug-likeness (QED) is 0.600. The molecule has 2 N–H and O–H groups in total. The number of tetrazole rings is 1. The second kappa shape index (κ2) is 3.65. The van der Waals surface area contributed by atoms with Gasteiger partial charge in [-0.05, 0) is 16.8 Å². The predicted molar refractivity (Wildman–Crippen MR) is 36.2 cm³/mol. The van der Waals surface area contributed by atoms with Crippen LogP contribution in [0.2, 0.25) is 0 Å². The van der Waals surface area contributed by atoms with E-state index in [1.54, 1.807) is 4.68 Å². The second-order valence-electron chi connectivity index (χ2n) is 2.14. The molecule has 0 spiro atoms. The SMILES string of the molecule is NC(=O)CCCn1cnnn1. The lowest BCUT2D eigenvalue weighted by molar-refractivity contribution is -0.118. The van der Waals surface area contributed by atoms with Crippen molar-refractivity contribution in [1.29, 1.82) is 0 Å². The molecule has 1 rings (SSSR count). The third-order valence-corrected chi connectivity index (χ3v) is 1.20. The van der Waals surface area contributed by atoms with Crippen LogP contribution in [0, 0.1) is 0 Å². The normalized spacial score (nSPS) is 9.82. The molecule has 0 aliphatic carbocycles. The van der Waals surface area contributed by atoms with Crippen LogP contribution in [-0.4, -0.2) is 26.1 Å². The van der Waals surface area contributed by atoms with E-state index in [9.17, 15) is 4.79 Å². The first-order valence-electron chi connectivity index (χ1n) is 3.28. The monoisotopic (exact) mass is 155 g/mol. The van der Waals surface area contributed by atoms with Crippen LogP contribution >= 0.6 is 0 Å². The average molecular weight is 155 g/mol. The van der Waals surface area contributed by atoms with Crippen molar-refractivity contribution in [2.45, 2.75) is 19.4 Å². The molecule has 0 aliphatic heterocycles. The number of nitrogens with zero attached hydrogens (tertiary/aromatic N) is 4. The van der Waals surface area contributed by atoms with E-state index >= 15 is 0 Å². The highest BCUT2D eigenvalue weighted by molar-refractivity contribution is 5.73. The molecule has 1 aromatic heterocycles. The Hall–Kier alpha value is -1.46. The van der Waals surface area contributed by atoms with Gasteiger partial charge in [0.2, 0.25) is 5.91 Å². The maximum absolute atomic E-state index is 10.3. The highest BCUT2D eigenvalue weighted by Gasteiger charge is 1.95. The van der Waals surface area contributed by atoms with Gasteiger partial charge in [0.05, 0.1) is 0 Å². The van der Waals surface area contributed by atoms with Crippen molar-refractivity contribution in [2.24, 2.45) is 5.73 Å². The van der Waals surface area contributed by atoms with Crippen LogP contribution in [0.25, 0.3) is 0 Å². The Labute approximate surface area is 63.4 Å². The number of aryl methyl sites for hydroxylation is 1. The Morgan fingerprint density at radius 3 is 3.00 bits per heavy atom. The second-order valence-corrected chi connectivity index (χ2v) is 2.14. The Bertz CT molecular complexity index is 219. The summed E-state index contributed by atoms with van der Waals surface area (Å²) >= 11 is 0. The first-order chi connectivity index (χ1) is 5.29. The maximum atomic E-state index is 10.3. The predicted octanol–water partition coefficient (Wildman–Crippen LogP) is -1.06. The number of carbonyl (C=O) groups is 1. The zero-order valence-electron chi connectivity index (χ0n) is 5.97. The fraction of sp³-hybridized carbons (Fsp3) is 0.600. The summed E-state index contributed by atoms with van der Waals surface area (Å²) in [7, 11) is 0. The van der Waals surface area contributed by atoms with Crippen molar-refractivity contribution < 1.29 is 4.79 Å². The van der Waals surface area contributed by atoms with Crippen LogP contribution in [0.1, 0.15) is 12.8 Å². The van der Waals surface area contributed by atoms with Crippen LogP contribution in [0.3, 0.4) is 0 Å². The molecule has 11 heavy (non-hydrogen) atoms. The zero-order valence-corrected chi connectivity index (χ0v) is 5.97. The van der Waals surface area contributed by atoms with E-state index in [1.807, 2.05) is 0 Å². The van der Waals surface area contributed by atoms with E-state index in [0.29, 0.717) is 19.4 Å². The van der Waals surface area contributed by atoms with Crippen molar-refractivity contribution in [3.63, 3.8) is 0 Å². The molecule has 6 heteroatoms. The standard InChI is InChI=1S/C5H9N5O/c6-5(11)2-1-3-10-4-7-8-9-10/h4H,1-3H2,(H2,6,11). The van der Waals surface area contributed by atoms with Crippen molar-refractivity contribution in [3.05, 3.63) is 6.33 Å². The first kappa shape index (κ1) is 7.64. The minimum absolute atomic E-state index is 0.293. The van der Waals surface area contributed by atoms with Gasteiger partial charge in [-0.25, -0.2) is 4.68 Å². The lowest BCUT2D eigenvalue weighted by atomic mass is 10.3. The first-order valence-corrected chi connectivity index (χ1v) is 3.28. The Morgan fingerprint density at radius 2 is 2.45 bits per heavy atom. The van der Waals surface area contributed by atoms with E-state index in [0.717, 1.165) is 0 Å². The van der Waals surface area contributed by atoms with Gasteiger partial charge in [0.1, 0.15) is 6.33 Å². The lowest BCUT2D eigenvalue weighted by Crippen LogP contribution is -2.11. The van der Waals surface area contributed by atoms with E-state index in [4.69, 9.17) is 5.73 Å². The van der Waals surface area contributed by atoms with E-state index in [-0.39, 0.29) is 5.91 Å². The summed E-state index contributed by atoms with van der Waals surface area (Å²) in [6, 6.07) is 0. The summed E-state index contributed by atoms with van der Waals surface area (Å²) < 4.78 is 1.56. The van der Waals surface area contributed by atoms with Crippen LogP contribution in [0.5, 0.6) is 0 Å². The van der Waals surface area contributed by atoms with Crippen molar-refractivity contribution in [1.82, 2.24) is 20.2 Å². The molecular formula is C5H9N5O. The summed E-state index contributed by atoms with van der Waals surface area (Å²) in [5.74, 6) is -0.293. The molecule has 0 unspecified atom stereocenters. The van der Waals surface area contributed by atoms with Crippen LogP contribution < -0.4 is 5.73 Å². The maximum Gasteiger partial charge on any atom is 0.217 e. The zero-order chi connectivity index (χ0) is 8.10. The topological polar surface area (TPSA) is 86.7 Å². The smallest absolute Gasteiger partial charge is 0.217 e. The third kappa shape index (κ3) is 2.74. The van der Waals surface area contributed by atoms with E-state index in [2.05, 4.69) is 15.5 Å². The van der Waals surface area contributed by atoms with Crippen LogP contribution in [-0.2, 0) is 11.3 Å². The number of primary amides is 1. The molecule has 0 saturated heterocycles. The molecule has 6 nitrogen and oxygen atoms in total. The van der Waals surface area contributed by atoms with E-state index in [1.165, 1.54) is 6.33 Å². The number of nitrogens with two attached hydrogens (primary N) is 1. The largest absolute Gasteiger partial charge is 0.370 e. The third-order valence-electron chi connectivity index (χ3n) is 1.20. The molecule has 0 fully saturated rings. The molecule has 0 radical (unpaired) electrons. The van der Waals surface area contributed by atoms with Crippen LogP contribution in [0.15, 0.2) is 6.33 Å². The molecular weight excluding hydrogens is 146 g/mol. The Morgan fingerprint density at radius 1 is 1.64 bits per heavy atom. The van der Waals surface area contributed by atoms with Gasteiger partial charge in [0, 0.05) is 13.0 Å². The summed E-state index contributed by atoms with van der Waals surface area (Å²) in [5, 5.41) is 10.5. The Balaban J connectivity index is 2.19. The van der Waals surface area contributed by atoms with Gasteiger partial charge < -0.3 is 5.73 Å². The minimum atomic E-state index is -0.293. The van der Waals surface area contributed by atoms with Gasteiger partial charge in [-0.2, -0.15) is 0 Å². The fourth-order valence-corrected chi connectivity index (χ4v) is 0.698. The Kier molecular flexibility index (Phi) is 2.53. The van der Waals surface area contributed by atoms with Gasteiger partial charge in [0.15, 0.2) is 0 Å². The fourth-order valence-electron chi connectivity index (χ4n) is 0.698. The molecule has 0 atom stereocenters. The molecule has 1 aromatic rings. The van der Waals surface area contributed by atoms with Gasteiger partial charge in [-0.1, -0.05) is 0 Å². The molecule has 1 amide bonds. The number of aromatic nitrogens is 4. The number of hydrogen-bond acceptors (Lipinski definition) is 4. The molecule has 0 aliphatic rings. The summed E-state index contributed by atoms with van der Waals surface area (Å²) in [4.78, 5) is 10.3. The number of carbonyl (C=O) groups excluding carboxylic acids is 1. The average Bonchev–Trinajstić information content (AvgIpc) is 2.39. The van der Waals surface area contributed by atoms with Gasteiger partial charge >= 0.3 is 0 Å². The lowest BCUT2D eigenvalue weighted by Gasteiger charge is -1.95. The van der Waals surface area contributed by atoms with E-state index < -0.39 is 0 Å². The van der Waals surface area contributed by atoms with Gasteiger partial charge in [-0.15, -0.1) is 5.10 Å². The highest BCUT2D eigenvalue weighted by Crippen LogP contribution is 1.90. The van der Waals surface area contributed by atoms with Crippen molar-refractivity contribution >= 4 is 5.91 Å². The molecule has 0 bridgehead atoms. The number of hydrogen-bond donors (Lipinski definition) is 1. The van der Waals surface area contributed by atoms with Gasteiger partial charge in [0.25, 0.3) is 0 Å². The number of rotatable bonds is 4.